The van der Waals surface area contributed by atoms with E-state index in [-0.39, 0.29) is 18.4 Å². The van der Waals surface area contributed by atoms with Crippen molar-refractivity contribution in [1.82, 2.24) is 5.32 Å². The second kappa shape index (κ2) is 5.50. The highest BCUT2D eigenvalue weighted by Crippen LogP contribution is 2.15. The zero-order valence-electron chi connectivity index (χ0n) is 8.21. The zero-order valence-corrected chi connectivity index (χ0v) is 9.80. The Balaban J connectivity index is 2.48. The lowest BCUT2D eigenvalue weighted by Crippen LogP contribution is -2.31. The first-order chi connectivity index (χ1) is 7.08. The molecule has 0 bridgehead atoms. The van der Waals surface area contributed by atoms with Crippen LogP contribution in [0.4, 0.5) is 5.69 Å². The Kier molecular flexibility index (Phi) is 4.30. The first-order valence-corrected chi connectivity index (χ1v) is 5.17. The maximum atomic E-state index is 11.3. The molecule has 15 heavy (non-hydrogen) atoms. The number of carbonyl (C=O) groups excluding carboxylic acids is 2. The summed E-state index contributed by atoms with van der Waals surface area (Å²) in [7, 11) is 0. The lowest BCUT2D eigenvalue weighted by atomic mass is 10.3. The van der Waals surface area contributed by atoms with Crippen molar-refractivity contribution in [3.63, 3.8) is 0 Å². The summed E-state index contributed by atoms with van der Waals surface area (Å²) >= 11 is 3.29. The molecular formula is C10H11BrN2O2. The molecule has 5 heteroatoms. The Morgan fingerprint density at radius 3 is 2.73 bits per heavy atom. The molecule has 0 radical (unpaired) electrons. The normalized spacial score (nSPS) is 9.47. The SMILES string of the molecule is CC(=O)NCC(=O)Nc1cccc(Br)c1. The molecule has 0 aliphatic rings. The molecule has 0 atom stereocenters. The predicted molar refractivity (Wildman–Crippen MR) is 61.5 cm³/mol. The van der Waals surface area contributed by atoms with Gasteiger partial charge in [0, 0.05) is 17.1 Å². The molecule has 0 saturated heterocycles. The molecule has 0 unspecified atom stereocenters. The Morgan fingerprint density at radius 2 is 2.13 bits per heavy atom. The molecular weight excluding hydrogens is 260 g/mol. The molecule has 1 aromatic rings. The predicted octanol–water partition coefficient (Wildman–Crippen LogP) is 1.52. The topological polar surface area (TPSA) is 58.2 Å². The standard InChI is InChI=1S/C10H11BrN2O2/c1-7(14)12-6-10(15)13-9-4-2-3-8(11)5-9/h2-5H,6H2,1H3,(H,12,14)(H,13,15). The summed E-state index contributed by atoms with van der Waals surface area (Å²) in [5.41, 5.74) is 0.694. The van der Waals surface area contributed by atoms with Crippen LogP contribution in [0.1, 0.15) is 6.92 Å². The minimum absolute atomic E-state index is 0.0121. The van der Waals surface area contributed by atoms with E-state index in [1.807, 2.05) is 12.1 Å². The molecule has 0 fully saturated rings. The molecule has 80 valence electrons. The third kappa shape index (κ3) is 4.60. The van der Waals surface area contributed by atoms with Crippen LogP contribution in [-0.4, -0.2) is 18.4 Å². The minimum atomic E-state index is -0.247. The van der Waals surface area contributed by atoms with Crippen LogP contribution in [0, 0.1) is 0 Å². The van der Waals surface area contributed by atoms with Crippen molar-refractivity contribution in [2.24, 2.45) is 0 Å². The largest absolute Gasteiger partial charge is 0.347 e. The number of anilines is 1. The average Bonchev–Trinajstić information content (AvgIpc) is 2.15. The second-order valence-electron chi connectivity index (χ2n) is 2.97. The van der Waals surface area contributed by atoms with Crippen LogP contribution in [0.2, 0.25) is 0 Å². The van der Waals surface area contributed by atoms with E-state index in [9.17, 15) is 9.59 Å². The van der Waals surface area contributed by atoms with E-state index < -0.39 is 0 Å². The fraction of sp³-hybridized carbons (Fsp3) is 0.200. The third-order valence-electron chi connectivity index (χ3n) is 1.61. The van der Waals surface area contributed by atoms with Gasteiger partial charge < -0.3 is 10.6 Å². The van der Waals surface area contributed by atoms with Gasteiger partial charge in [-0.2, -0.15) is 0 Å². The van der Waals surface area contributed by atoms with Crippen LogP contribution in [-0.2, 0) is 9.59 Å². The van der Waals surface area contributed by atoms with Crippen molar-refractivity contribution < 1.29 is 9.59 Å². The van der Waals surface area contributed by atoms with Crippen LogP contribution >= 0.6 is 15.9 Å². The highest BCUT2D eigenvalue weighted by atomic mass is 79.9. The summed E-state index contributed by atoms with van der Waals surface area (Å²) < 4.78 is 0.889. The van der Waals surface area contributed by atoms with Crippen molar-refractivity contribution in [3.05, 3.63) is 28.7 Å². The van der Waals surface area contributed by atoms with Gasteiger partial charge in [-0.25, -0.2) is 0 Å². The molecule has 4 nitrogen and oxygen atoms in total. The summed E-state index contributed by atoms with van der Waals surface area (Å²) in [6.07, 6.45) is 0. The maximum Gasteiger partial charge on any atom is 0.243 e. The van der Waals surface area contributed by atoms with Crippen molar-refractivity contribution in [3.8, 4) is 0 Å². The summed E-state index contributed by atoms with van der Waals surface area (Å²) in [6, 6.07) is 7.24. The number of hydrogen-bond donors (Lipinski definition) is 2. The molecule has 0 aliphatic heterocycles. The van der Waals surface area contributed by atoms with Gasteiger partial charge in [0.2, 0.25) is 11.8 Å². The van der Waals surface area contributed by atoms with Gasteiger partial charge >= 0.3 is 0 Å². The first kappa shape index (κ1) is 11.7. The quantitative estimate of drug-likeness (QED) is 0.875. The summed E-state index contributed by atoms with van der Waals surface area (Å²) in [5, 5.41) is 5.07. The summed E-state index contributed by atoms with van der Waals surface area (Å²) in [6.45, 7) is 1.36. The Hall–Kier alpha value is -1.36. The van der Waals surface area contributed by atoms with Crippen molar-refractivity contribution in [2.45, 2.75) is 6.92 Å². The highest BCUT2D eigenvalue weighted by molar-refractivity contribution is 9.10. The van der Waals surface area contributed by atoms with Gasteiger partial charge in [-0.3, -0.25) is 9.59 Å². The van der Waals surface area contributed by atoms with Gasteiger partial charge in [-0.1, -0.05) is 22.0 Å². The van der Waals surface area contributed by atoms with Crippen LogP contribution < -0.4 is 10.6 Å². The van der Waals surface area contributed by atoms with E-state index in [1.54, 1.807) is 12.1 Å². The lowest BCUT2D eigenvalue weighted by Gasteiger charge is -2.05. The van der Waals surface area contributed by atoms with Gasteiger partial charge in [-0.05, 0) is 18.2 Å². The third-order valence-corrected chi connectivity index (χ3v) is 2.10. The zero-order chi connectivity index (χ0) is 11.3. The van der Waals surface area contributed by atoms with Crippen LogP contribution in [0.3, 0.4) is 0 Å². The smallest absolute Gasteiger partial charge is 0.243 e. The molecule has 0 saturated carbocycles. The fourth-order valence-electron chi connectivity index (χ4n) is 0.976. The molecule has 2 N–H and O–H groups in total. The lowest BCUT2D eigenvalue weighted by molar-refractivity contribution is -0.122. The first-order valence-electron chi connectivity index (χ1n) is 4.38. The van der Waals surface area contributed by atoms with Crippen molar-refractivity contribution in [2.75, 3.05) is 11.9 Å². The van der Waals surface area contributed by atoms with Gasteiger partial charge in [0.1, 0.15) is 0 Å². The number of amides is 2. The second-order valence-corrected chi connectivity index (χ2v) is 3.88. The molecule has 0 aliphatic carbocycles. The van der Waals surface area contributed by atoms with E-state index in [0.29, 0.717) is 5.69 Å². The molecule has 1 aromatic carbocycles. The Bertz CT molecular complexity index is 379. The molecule has 1 rings (SSSR count). The van der Waals surface area contributed by atoms with E-state index in [0.717, 1.165) is 4.47 Å². The number of halogens is 1. The van der Waals surface area contributed by atoms with Crippen LogP contribution in [0.25, 0.3) is 0 Å². The molecule has 0 spiro atoms. The van der Waals surface area contributed by atoms with E-state index in [4.69, 9.17) is 0 Å². The summed E-state index contributed by atoms with van der Waals surface area (Å²) in [4.78, 5) is 21.8. The van der Waals surface area contributed by atoms with Gasteiger partial charge in [-0.15, -0.1) is 0 Å². The minimum Gasteiger partial charge on any atom is -0.347 e. The number of hydrogen-bond acceptors (Lipinski definition) is 2. The average molecular weight is 271 g/mol. The summed E-state index contributed by atoms with van der Waals surface area (Å²) in [5.74, 6) is -0.470. The van der Waals surface area contributed by atoms with Crippen LogP contribution in [0.15, 0.2) is 28.7 Å². The monoisotopic (exact) mass is 270 g/mol. The van der Waals surface area contributed by atoms with Crippen LogP contribution in [0.5, 0.6) is 0 Å². The number of benzene rings is 1. The number of rotatable bonds is 3. The Morgan fingerprint density at radius 1 is 1.40 bits per heavy atom. The van der Waals surface area contributed by atoms with Crippen molar-refractivity contribution in [1.29, 1.82) is 0 Å². The number of carbonyl (C=O) groups is 2. The highest BCUT2D eigenvalue weighted by Gasteiger charge is 2.02. The van der Waals surface area contributed by atoms with Crippen molar-refractivity contribution >= 4 is 33.4 Å². The molecule has 0 heterocycles. The van der Waals surface area contributed by atoms with E-state index in [1.165, 1.54) is 6.92 Å². The molecule has 2 amide bonds. The maximum absolute atomic E-state index is 11.3. The number of nitrogens with one attached hydrogen (secondary N) is 2. The Labute approximate surface area is 96.2 Å². The fourth-order valence-corrected chi connectivity index (χ4v) is 1.38. The van der Waals surface area contributed by atoms with E-state index in [2.05, 4.69) is 26.6 Å². The van der Waals surface area contributed by atoms with Gasteiger partial charge in [0.25, 0.3) is 0 Å². The molecule has 0 aromatic heterocycles. The van der Waals surface area contributed by atoms with Gasteiger partial charge in [0.15, 0.2) is 0 Å². The van der Waals surface area contributed by atoms with Gasteiger partial charge in [0.05, 0.1) is 6.54 Å². The van der Waals surface area contributed by atoms with E-state index >= 15 is 0 Å².